The Morgan fingerprint density at radius 1 is 1.17 bits per heavy atom. The summed E-state index contributed by atoms with van der Waals surface area (Å²) in [6.07, 6.45) is 3.96. The molecule has 96 valence electrons. The molecule has 0 unspecified atom stereocenters. The van der Waals surface area contributed by atoms with Crippen LogP contribution in [0.15, 0.2) is 35.3 Å². The Hall–Kier alpha value is -1.11. The highest BCUT2D eigenvalue weighted by atomic mass is 14.8. The van der Waals surface area contributed by atoms with Gasteiger partial charge < -0.3 is 0 Å². The average Bonchev–Trinajstić information content (AvgIpc) is 2.70. The molecular weight excluding hydrogens is 218 g/mol. The SMILES string of the molecule is CC1(C)[C@H]2CC[C@]1(C)/C(=N/Cc1ccccc1)C2. The fraction of sp³-hybridized carbons (Fsp3) is 0.588. The molecular formula is C17H23N. The second-order valence-electron chi connectivity index (χ2n) is 6.74. The lowest BCUT2D eigenvalue weighted by Gasteiger charge is -2.34. The first kappa shape index (κ1) is 12.0. The second kappa shape index (κ2) is 3.94. The molecule has 0 saturated heterocycles. The lowest BCUT2D eigenvalue weighted by Crippen LogP contribution is -2.32. The van der Waals surface area contributed by atoms with Gasteiger partial charge in [0.25, 0.3) is 0 Å². The van der Waals surface area contributed by atoms with E-state index in [0.29, 0.717) is 10.8 Å². The van der Waals surface area contributed by atoms with Gasteiger partial charge in [-0.1, -0.05) is 51.1 Å². The van der Waals surface area contributed by atoms with Crippen LogP contribution in [0.5, 0.6) is 0 Å². The van der Waals surface area contributed by atoms with Crippen molar-refractivity contribution >= 4 is 5.71 Å². The van der Waals surface area contributed by atoms with E-state index in [0.717, 1.165) is 12.5 Å². The summed E-state index contributed by atoms with van der Waals surface area (Å²) in [5, 5.41) is 0. The van der Waals surface area contributed by atoms with Gasteiger partial charge in [-0.25, -0.2) is 0 Å². The van der Waals surface area contributed by atoms with Crippen LogP contribution in [0.25, 0.3) is 0 Å². The minimum absolute atomic E-state index is 0.354. The molecule has 2 aliphatic carbocycles. The molecule has 1 heteroatoms. The summed E-state index contributed by atoms with van der Waals surface area (Å²) in [4.78, 5) is 4.96. The van der Waals surface area contributed by atoms with Crippen LogP contribution < -0.4 is 0 Å². The smallest absolute Gasteiger partial charge is 0.0639 e. The van der Waals surface area contributed by atoms with Crippen molar-refractivity contribution in [2.24, 2.45) is 21.7 Å². The predicted molar refractivity (Wildman–Crippen MR) is 76.8 cm³/mol. The molecule has 2 bridgehead atoms. The highest BCUT2D eigenvalue weighted by Crippen LogP contribution is 2.64. The summed E-state index contributed by atoms with van der Waals surface area (Å²) in [5.74, 6) is 0.858. The molecule has 0 heterocycles. The number of rotatable bonds is 2. The van der Waals surface area contributed by atoms with Crippen molar-refractivity contribution in [3.63, 3.8) is 0 Å². The van der Waals surface area contributed by atoms with E-state index >= 15 is 0 Å². The first-order chi connectivity index (χ1) is 8.54. The van der Waals surface area contributed by atoms with Gasteiger partial charge in [-0.2, -0.15) is 0 Å². The molecule has 3 rings (SSSR count). The fourth-order valence-electron chi connectivity index (χ4n) is 3.94. The number of fused-ring (bicyclic) bond motifs is 2. The molecule has 2 atom stereocenters. The van der Waals surface area contributed by atoms with Crippen molar-refractivity contribution < 1.29 is 0 Å². The van der Waals surface area contributed by atoms with Crippen LogP contribution in [-0.2, 0) is 6.54 Å². The Balaban J connectivity index is 1.83. The van der Waals surface area contributed by atoms with Gasteiger partial charge >= 0.3 is 0 Å². The monoisotopic (exact) mass is 241 g/mol. The third-order valence-corrected chi connectivity index (χ3v) is 5.81. The topological polar surface area (TPSA) is 12.4 Å². The average molecular weight is 241 g/mol. The maximum Gasteiger partial charge on any atom is 0.0639 e. The Kier molecular flexibility index (Phi) is 2.62. The van der Waals surface area contributed by atoms with E-state index < -0.39 is 0 Å². The minimum atomic E-state index is 0.354. The fourth-order valence-corrected chi connectivity index (χ4v) is 3.94. The minimum Gasteiger partial charge on any atom is -0.289 e. The third kappa shape index (κ3) is 1.56. The Morgan fingerprint density at radius 2 is 1.89 bits per heavy atom. The highest BCUT2D eigenvalue weighted by Gasteiger charge is 2.59. The summed E-state index contributed by atoms with van der Waals surface area (Å²) in [5.41, 5.74) is 3.61. The lowest BCUT2D eigenvalue weighted by molar-refractivity contribution is 0.194. The molecule has 2 fully saturated rings. The van der Waals surface area contributed by atoms with E-state index in [2.05, 4.69) is 51.1 Å². The quantitative estimate of drug-likeness (QED) is 0.724. The number of hydrogen-bond acceptors (Lipinski definition) is 1. The molecule has 1 nitrogen and oxygen atoms in total. The first-order valence-corrected chi connectivity index (χ1v) is 7.12. The van der Waals surface area contributed by atoms with Crippen molar-refractivity contribution in [1.82, 2.24) is 0 Å². The second-order valence-corrected chi connectivity index (χ2v) is 6.74. The number of benzene rings is 1. The molecule has 0 aromatic heterocycles. The van der Waals surface area contributed by atoms with Gasteiger partial charge in [-0.3, -0.25) is 4.99 Å². The summed E-state index contributed by atoms with van der Waals surface area (Å²) >= 11 is 0. The van der Waals surface area contributed by atoms with Gasteiger partial charge in [0, 0.05) is 11.1 Å². The molecule has 0 N–H and O–H groups in total. The van der Waals surface area contributed by atoms with Gasteiger partial charge in [-0.05, 0) is 36.2 Å². The van der Waals surface area contributed by atoms with Gasteiger partial charge in [0.05, 0.1) is 6.54 Å². The van der Waals surface area contributed by atoms with E-state index in [1.165, 1.54) is 30.5 Å². The van der Waals surface area contributed by atoms with Crippen molar-refractivity contribution in [3.8, 4) is 0 Å². The van der Waals surface area contributed by atoms with Crippen LogP contribution in [0.1, 0.15) is 45.6 Å². The van der Waals surface area contributed by atoms with Crippen LogP contribution in [0.3, 0.4) is 0 Å². The van der Waals surface area contributed by atoms with Gasteiger partial charge in [0.1, 0.15) is 0 Å². The largest absolute Gasteiger partial charge is 0.289 e. The van der Waals surface area contributed by atoms with E-state index in [9.17, 15) is 0 Å². The van der Waals surface area contributed by atoms with Gasteiger partial charge in [-0.15, -0.1) is 0 Å². The Morgan fingerprint density at radius 3 is 2.44 bits per heavy atom. The van der Waals surface area contributed by atoms with Crippen molar-refractivity contribution in [3.05, 3.63) is 35.9 Å². The summed E-state index contributed by atoms with van der Waals surface area (Å²) in [7, 11) is 0. The van der Waals surface area contributed by atoms with Crippen molar-refractivity contribution in [2.45, 2.75) is 46.6 Å². The van der Waals surface area contributed by atoms with Crippen LogP contribution in [0.2, 0.25) is 0 Å². The van der Waals surface area contributed by atoms with Crippen LogP contribution in [0, 0.1) is 16.7 Å². The lowest BCUT2D eigenvalue weighted by atomic mass is 9.70. The van der Waals surface area contributed by atoms with Crippen molar-refractivity contribution in [1.29, 1.82) is 0 Å². The maximum absolute atomic E-state index is 4.96. The first-order valence-electron chi connectivity index (χ1n) is 7.12. The Labute approximate surface area is 110 Å². The number of hydrogen-bond donors (Lipinski definition) is 0. The molecule has 1 aromatic carbocycles. The molecule has 18 heavy (non-hydrogen) atoms. The summed E-state index contributed by atoms with van der Waals surface area (Å²) < 4.78 is 0. The normalized spacial score (nSPS) is 35.3. The number of nitrogens with zero attached hydrogens (tertiary/aromatic N) is 1. The van der Waals surface area contributed by atoms with Gasteiger partial charge in [0.2, 0.25) is 0 Å². The van der Waals surface area contributed by atoms with Gasteiger partial charge in [0.15, 0.2) is 0 Å². The molecule has 0 amide bonds. The van der Waals surface area contributed by atoms with E-state index in [1.54, 1.807) is 0 Å². The molecule has 1 aromatic rings. The van der Waals surface area contributed by atoms with Crippen LogP contribution >= 0.6 is 0 Å². The van der Waals surface area contributed by atoms with E-state index in [-0.39, 0.29) is 0 Å². The zero-order valence-corrected chi connectivity index (χ0v) is 11.7. The maximum atomic E-state index is 4.96. The van der Waals surface area contributed by atoms with E-state index in [4.69, 9.17) is 4.99 Å². The zero-order valence-electron chi connectivity index (χ0n) is 11.7. The van der Waals surface area contributed by atoms with Crippen LogP contribution in [0.4, 0.5) is 0 Å². The molecule has 0 radical (unpaired) electrons. The van der Waals surface area contributed by atoms with Crippen molar-refractivity contribution in [2.75, 3.05) is 0 Å². The standard InChI is InChI=1S/C17H23N/c1-16(2)14-9-10-17(16,3)15(11-14)18-12-13-7-5-4-6-8-13/h4-8,14H,9-12H2,1-3H3/b18-15+/t14-,17+/m0/s1. The predicted octanol–water partition coefficient (Wildman–Crippen LogP) is 4.47. The molecule has 0 spiro atoms. The summed E-state index contributed by atoms with van der Waals surface area (Å²) in [6.45, 7) is 8.17. The Bertz CT molecular complexity index is 472. The highest BCUT2D eigenvalue weighted by molar-refractivity contribution is 5.94. The van der Waals surface area contributed by atoms with E-state index in [1.807, 2.05) is 0 Å². The third-order valence-electron chi connectivity index (χ3n) is 5.81. The molecule has 0 aliphatic heterocycles. The number of aliphatic imine (C=N–C) groups is 1. The molecule has 2 saturated carbocycles. The molecule has 2 aliphatic rings. The van der Waals surface area contributed by atoms with Crippen LogP contribution in [-0.4, -0.2) is 5.71 Å². The zero-order chi connectivity index (χ0) is 12.8. The summed E-state index contributed by atoms with van der Waals surface area (Å²) in [6, 6.07) is 10.6.